The first-order valence-corrected chi connectivity index (χ1v) is 10.2. The van der Waals surface area contributed by atoms with Crippen LogP contribution in [0.1, 0.15) is 21.6 Å². The van der Waals surface area contributed by atoms with Gasteiger partial charge < -0.3 is 15.4 Å². The zero-order valence-electron chi connectivity index (χ0n) is 17.0. The lowest BCUT2D eigenvalue weighted by Crippen LogP contribution is -2.14. The summed E-state index contributed by atoms with van der Waals surface area (Å²) in [7, 11) is 0. The Morgan fingerprint density at radius 1 is 1.15 bits per heavy atom. The van der Waals surface area contributed by atoms with Crippen molar-refractivity contribution < 1.29 is 18.3 Å². The van der Waals surface area contributed by atoms with E-state index in [0.717, 1.165) is 23.7 Å². The van der Waals surface area contributed by atoms with Gasteiger partial charge in [0.25, 0.3) is 5.91 Å². The molecule has 1 aromatic carbocycles. The van der Waals surface area contributed by atoms with Crippen molar-refractivity contribution in [3.8, 4) is 17.7 Å². The molecule has 164 valence electrons. The molecule has 11 heteroatoms. The van der Waals surface area contributed by atoms with E-state index in [1.54, 1.807) is 19.1 Å². The zero-order chi connectivity index (χ0) is 23.4. The number of amides is 1. The van der Waals surface area contributed by atoms with Crippen LogP contribution in [-0.2, 0) is 0 Å². The summed E-state index contributed by atoms with van der Waals surface area (Å²) in [5, 5.41) is 15.2. The average molecular weight is 464 g/mol. The van der Waals surface area contributed by atoms with Crippen LogP contribution in [0.15, 0.2) is 54.9 Å². The summed E-state index contributed by atoms with van der Waals surface area (Å²) >= 11 is 1.09. The molecule has 0 spiro atoms. The molecule has 0 radical (unpaired) electrons. The SMILES string of the molecule is Cc1nsc(Nc2cc(C#N)ccn2)c1C(=O)Nc1ccc(Oc2ccc(F)cc2F)nc1. The third kappa shape index (κ3) is 5.08. The van der Waals surface area contributed by atoms with Crippen LogP contribution in [0.25, 0.3) is 0 Å². The number of halogens is 2. The maximum Gasteiger partial charge on any atom is 0.260 e. The van der Waals surface area contributed by atoms with Crippen molar-refractivity contribution in [2.24, 2.45) is 0 Å². The summed E-state index contributed by atoms with van der Waals surface area (Å²) in [5.41, 5.74) is 1.62. The first kappa shape index (κ1) is 21.8. The van der Waals surface area contributed by atoms with Crippen LogP contribution < -0.4 is 15.4 Å². The third-order valence-corrected chi connectivity index (χ3v) is 5.18. The van der Waals surface area contributed by atoms with Crippen molar-refractivity contribution in [2.45, 2.75) is 6.92 Å². The Labute approximate surface area is 190 Å². The number of anilines is 3. The highest BCUT2D eigenvalue weighted by molar-refractivity contribution is 7.10. The van der Waals surface area contributed by atoms with Crippen molar-refractivity contribution in [2.75, 3.05) is 10.6 Å². The second kappa shape index (κ2) is 9.37. The molecule has 4 aromatic rings. The Kier molecular flexibility index (Phi) is 6.19. The minimum atomic E-state index is -0.857. The topological polar surface area (TPSA) is 113 Å². The number of nitrogens with zero attached hydrogens (tertiary/aromatic N) is 4. The van der Waals surface area contributed by atoms with Crippen LogP contribution in [0, 0.1) is 29.9 Å². The lowest BCUT2D eigenvalue weighted by Gasteiger charge is -2.09. The summed E-state index contributed by atoms with van der Waals surface area (Å²) in [6, 6.07) is 11.1. The molecule has 0 aliphatic heterocycles. The van der Waals surface area contributed by atoms with Crippen molar-refractivity contribution >= 4 is 33.9 Å². The highest BCUT2D eigenvalue weighted by Crippen LogP contribution is 2.29. The Bertz CT molecular complexity index is 1370. The largest absolute Gasteiger partial charge is 0.436 e. The van der Waals surface area contributed by atoms with E-state index >= 15 is 0 Å². The molecule has 0 aliphatic carbocycles. The summed E-state index contributed by atoms with van der Waals surface area (Å²) in [6.07, 6.45) is 2.83. The molecule has 0 saturated carbocycles. The van der Waals surface area contributed by atoms with Gasteiger partial charge in [0.05, 0.1) is 34.8 Å². The number of aromatic nitrogens is 3. The fraction of sp³-hybridized carbons (Fsp3) is 0.0455. The molecule has 3 aromatic heterocycles. The molecule has 3 heterocycles. The highest BCUT2D eigenvalue weighted by Gasteiger charge is 2.19. The fourth-order valence-corrected chi connectivity index (χ4v) is 3.59. The minimum Gasteiger partial charge on any atom is -0.436 e. The molecular weight excluding hydrogens is 450 g/mol. The third-order valence-electron chi connectivity index (χ3n) is 4.32. The lowest BCUT2D eigenvalue weighted by molar-refractivity contribution is 0.102. The summed E-state index contributed by atoms with van der Waals surface area (Å²) in [4.78, 5) is 21.1. The van der Waals surface area contributed by atoms with Gasteiger partial charge >= 0.3 is 0 Å². The smallest absolute Gasteiger partial charge is 0.260 e. The van der Waals surface area contributed by atoms with Gasteiger partial charge in [0.15, 0.2) is 11.6 Å². The number of nitriles is 1. The van der Waals surface area contributed by atoms with E-state index in [4.69, 9.17) is 10.00 Å². The number of benzene rings is 1. The van der Waals surface area contributed by atoms with Gasteiger partial charge in [-0.3, -0.25) is 4.79 Å². The summed E-state index contributed by atoms with van der Waals surface area (Å²) < 4.78 is 36.3. The molecule has 0 aliphatic rings. The number of hydrogen-bond acceptors (Lipinski definition) is 8. The van der Waals surface area contributed by atoms with E-state index in [9.17, 15) is 13.6 Å². The lowest BCUT2D eigenvalue weighted by atomic mass is 10.2. The van der Waals surface area contributed by atoms with Gasteiger partial charge in [0.2, 0.25) is 5.88 Å². The van der Waals surface area contributed by atoms with E-state index in [2.05, 4.69) is 25.0 Å². The highest BCUT2D eigenvalue weighted by atomic mass is 32.1. The predicted octanol–water partition coefficient (Wildman–Crippen LogP) is 5.18. The van der Waals surface area contributed by atoms with Crippen LogP contribution in [0.2, 0.25) is 0 Å². The molecule has 8 nitrogen and oxygen atoms in total. The van der Waals surface area contributed by atoms with E-state index in [-0.39, 0.29) is 11.6 Å². The Hall–Kier alpha value is -4.43. The van der Waals surface area contributed by atoms with Gasteiger partial charge in [-0.25, -0.2) is 18.7 Å². The quantitative estimate of drug-likeness (QED) is 0.404. The number of hydrogen-bond donors (Lipinski definition) is 2. The maximum absolute atomic E-state index is 13.7. The molecule has 0 unspecified atom stereocenters. The molecule has 0 bridgehead atoms. The fourth-order valence-electron chi connectivity index (χ4n) is 2.79. The Morgan fingerprint density at radius 2 is 2.00 bits per heavy atom. The second-order valence-corrected chi connectivity index (χ2v) is 7.43. The van der Waals surface area contributed by atoms with Crippen molar-refractivity contribution in [3.63, 3.8) is 0 Å². The Morgan fingerprint density at radius 3 is 2.73 bits per heavy atom. The number of ether oxygens (including phenoxy) is 1. The van der Waals surface area contributed by atoms with Crippen molar-refractivity contribution in [3.05, 3.63) is 83.3 Å². The van der Waals surface area contributed by atoms with E-state index in [0.29, 0.717) is 39.4 Å². The number of carbonyl (C=O) groups excluding carboxylic acids is 1. The average Bonchev–Trinajstić information content (AvgIpc) is 3.17. The predicted molar refractivity (Wildman–Crippen MR) is 118 cm³/mol. The Balaban J connectivity index is 1.47. The monoisotopic (exact) mass is 464 g/mol. The molecular formula is C22H14F2N6O2S. The molecule has 4 rings (SSSR count). The zero-order valence-corrected chi connectivity index (χ0v) is 17.8. The molecule has 2 N–H and O–H groups in total. The van der Waals surface area contributed by atoms with Crippen LogP contribution in [0.4, 0.5) is 25.3 Å². The van der Waals surface area contributed by atoms with Gasteiger partial charge in [-0.05, 0) is 48.8 Å². The first-order chi connectivity index (χ1) is 15.9. The van der Waals surface area contributed by atoms with E-state index in [1.165, 1.54) is 24.5 Å². The van der Waals surface area contributed by atoms with Crippen molar-refractivity contribution in [1.29, 1.82) is 5.26 Å². The second-order valence-electron chi connectivity index (χ2n) is 6.65. The van der Waals surface area contributed by atoms with Crippen molar-refractivity contribution in [1.82, 2.24) is 14.3 Å². The molecule has 33 heavy (non-hydrogen) atoms. The standard InChI is InChI=1S/C22H14F2N6O2S/c1-12-20(22(33-30-12)29-18-8-13(10-25)6-7-26-18)21(31)28-15-3-5-19(27-11-15)32-17-4-2-14(23)9-16(17)24/h2-9,11H,1H3,(H,26,29)(H,28,31). The summed E-state index contributed by atoms with van der Waals surface area (Å²) in [6.45, 7) is 1.70. The number of pyridine rings is 2. The maximum atomic E-state index is 13.7. The van der Waals surface area contributed by atoms with Gasteiger partial charge in [-0.1, -0.05) is 0 Å². The minimum absolute atomic E-state index is 0.0673. The van der Waals surface area contributed by atoms with Crippen LogP contribution in [0.3, 0.4) is 0 Å². The number of nitrogens with one attached hydrogen (secondary N) is 2. The summed E-state index contributed by atoms with van der Waals surface area (Å²) in [5.74, 6) is -1.71. The van der Waals surface area contributed by atoms with Crippen LogP contribution in [0.5, 0.6) is 11.6 Å². The number of aryl methyl sites for hydroxylation is 1. The van der Waals surface area contributed by atoms with Crippen LogP contribution >= 0.6 is 11.5 Å². The number of carbonyl (C=O) groups is 1. The molecule has 0 saturated heterocycles. The van der Waals surface area contributed by atoms with E-state index in [1.807, 2.05) is 6.07 Å². The first-order valence-electron chi connectivity index (χ1n) is 9.42. The van der Waals surface area contributed by atoms with E-state index < -0.39 is 17.5 Å². The van der Waals surface area contributed by atoms with Gasteiger partial charge in [0, 0.05) is 18.3 Å². The molecule has 0 atom stereocenters. The number of rotatable bonds is 6. The van der Waals surface area contributed by atoms with Gasteiger partial charge in [0.1, 0.15) is 16.6 Å². The molecule has 0 fully saturated rings. The normalized spacial score (nSPS) is 10.4. The van der Waals surface area contributed by atoms with Gasteiger partial charge in [-0.15, -0.1) is 0 Å². The van der Waals surface area contributed by atoms with Gasteiger partial charge in [-0.2, -0.15) is 9.64 Å². The molecule has 1 amide bonds. The van der Waals surface area contributed by atoms with Crippen LogP contribution in [-0.4, -0.2) is 20.2 Å².